The third-order valence-electron chi connectivity index (χ3n) is 2.65. The maximum absolute atomic E-state index is 13.4. The number of benzene rings is 1. The van der Waals surface area contributed by atoms with Gasteiger partial charge in [0.1, 0.15) is 10.8 Å². The monoisotopic (exact) mass is 297 g/mol. The Labute approximate surface area is 120 Å². The fourth-order valence-electron chi connectivity index (χ4n) is 1.78. The molecule has 0 amide bonds. The highest BCUT2D eigenvalue weighted by Gasteiger charge is 2.13. The van der Waals surface area contributed by atoms with E-state index in [0.717, 1.165) is 26.4 Å². The fourth-order valence-corrected chi connectivity index (χ4v) is 3.75. The molecule has 2 aromatic rings. The van der Waals surface area contributed by atoms with Gasteiger partial charge in [0, 0.05) is 10.9 Å². The molecule has 1 N–H and O–H groups in total. The molecule has 0 saturated heterocycles. The number of nitrogens with zero attached hydrogens (tertiary/aromatic N) is 2. The molecular weight excluding hydrogens is 281 g/mol. The molecule has 1 aromatic carbocycles. The third kappa shape index (κ3) is 3.75. The number of aromatic nitrogens is 2. The second-order valence-corrected chi connectivity index (χ2v) is 6.62. The van der Waals surface area contributed by atoms with Crippen molar-refractivity contribution in [2.45, 2.75) is 36.0 Å². The van der Waals surface area contributed by atoms with Gasteiger partial charge in [0.05, 0.1) is 0 Å². The lowest BCUT2D eigenvalue weighted by Crippen LogP contribution is -2.18. The minimum absolute atomic E-state index is 0.109. The molecule has 0 fully saturated rings. The lowest BCUT2D eigenvalue weighted by atomic mass is 10.1. The largest absolute Gasteiger partial charge is 0.310 e. The van der Waals surface area contributed by atoms with Gasteiger partial charge in [0.15, 0.2) is 4.34 Å². The highest BCUT2D eigenvalue weighted by atomic mass is 32.2. The SMILES string of the molecule is CCNC(C)c1cc(F)ccc1Sc1nnc(C)s1. The van der Waals surface area contributed by atoms with Crippen molar-refractivity contribution >= 4 is 23.1 Å². The van der Waals surface area contributed by atoms with Gasteiger partial charge in [0.2, 0.25) is 0 Å². The lowest BCUT2D eigenvalue weighted by Gasteiger charge is -2.16. The van der Waals surface area contributed by atoms with Crippen molar-refractivity contribution in [3.8, 4) is 0 Å². The molecule has 2 rings (SSSR count). The van der Waals surface area contributed by atoms with Crippen molar-refractivity contribution in [1.29, 1.82) is 0 Å². The minimum atomic E-state index is -0.211. The van der Waals surface area contributed by atoms with E-state index >= 15 is 0 Å². The van der Waals surface area contributed by atoms with Crippen LogP contribution < -0.4 is 5.32 Å². The topological polar surface area (TPSA) is 37.8 Å². The maximum Gasteiger partial charge on any atom is 0.179 e. The van der Waals surface area contributed by atoms with E-state index in [0.29, 0.717) is 0 Å². The van der Waals surface area contributed by atoms with E-state index in [1.807, 2.05) is 20.8 Å². The molecule has 6 heteroatoms. The van der Waals surface area contributed by atoms with Crippen LogP contribution in [0.1, 0.15) is 30.5 Å². The van der Waals surface area contributed by atoms with Gasteiger partial charge in [-0.3, -0.25) is 0 Å². The summed E-state index contributed by atoms with van der Waals surface area (Å²) in [5, 5.41) is 12.3. The summed E-state index contributed by atoms with van der Waals surface area (Å²) in [5.41, 5.74) is 0.958. The molecule has 0 bridgehead atoms. The van der Waals surface area contributed by atoms with Gasteiger partial charge in [0.25, 0.3) is 0 Å². The summed E-state index contributed by atoms with van der Waals surface area (Å²) in [6, 6.07) is 4.99. The van der Waals surface area contributed by atoms with E-state index < -0.39 is 0 Å². The van der Waals surface area contributed by atoms with Crippen LogP contribution in [-0.2, 0) is 0 Å². The molecule has 1 aromatic heterocycles. The van der Waals surface area contributed by atoms with E-state index in [4.69, 9.17) is 0 Å². The smallest absolute Gasteiger partial charge is 0.179 e. The Morgan fingerprint density at radius 2 is 2.21 bits per heavy atom. The molecule has 1 atom stereocenters. The van der Waals surface area contributed by atoms with Gasteiger partial charge in [-0.2, -0.15) is 0 Å². The van der Waals surface area contributed by atoms with Crippen LogP contribution in [0.3, 0.4) is 0 Å². The van der Waals surface area contributed by atoms with Crippen LogP contribution in [-0.4, -0.2) is 16.7 Å². The Morgan fingerprint density at radius 3 is 2.84 bits per heavy atom. The highest BCUT2D eigenvalue weighted by Crippen LogP contribution is 2.35. The zero-order chi connectivity index (χ0) is 13.8. The van der Waals surface area contributed by atoms with E-state index in [1.165, 1.54) is 17.8 Å². The zero-order valence-electron chi connectivity index (χ0n) is 11.1. The predicted molar refractivity (Wildman–Crippen MR) is 77.3 cm³/mol. The van der Waals surface area contributed by atoms with Crippen LogP contribution in [0.25, 0.3) is 0 Å². The summed E-state index contributed by atoms with van der Waals surface area (Å²) in [7, 11) is 0. The Bertz CT molecular complexity index is 557. The first kappa shape index (κ1) is 14.4. The van der Waals surface area contributed by atoms with Gasteiger partial charge in [-0.05, 0) is 44.2 Å². The summed E-state index contributed by atoms with van der Waals surface area (Å²) in [5.74, 6) is -0.211. The molecule has 0 aliphatic rings. The summed E-state index contributed by atoms with van der Waals surface area (Å²) < 4.78 is 14.3. The molecule has 1 heterocycles. The molecule has 0 aliphatic carbocycles. The summed E-state index contributed by atoms with van der Waals surface area (Å²) >= 11 is 3.08. The number of rotatable bonds is 5. The van der Waals surface area contributed by atoms with Gasteiger partial charge < -0.3 is 5.32 Å². The molecule has 3 nitrogen and oxygen atoms in total. The number of hydrogen-bond acceptors (Lipinski definition) is 5. The first-order valence-electron chi connectivity index (χ1n) is 6.11. The van der Waals surface area contributed by atoms with Crippen molar-refractivity contribution < 1.29 is 4.39 Å². The quantitative estimate of drug-likeness (QED) is 0.910. The first-order valence-corrected chi connectivity index (χ1v) is 7.74. The van der Waals surface area contributed by atoms with Gasteiger partial charge in [-0.15, -0.1) is 10.2 Å². The van der Waals surface area contributed by atoms with Gasteiger partial charge in [-0.1, -0.05) is 30.0 Å². The molecule has 1 unspecified atom stereocenters. The number of aryl methyl sites for hydroxylation is 1. The third-order valence-corrected chi connectivity index (χ3v) is 4.63. The van der Waals surface area contributed by atoms with E-state index in [1.54, 1.807) is 23.5 Å². The fraction of sp³-hybridized carbons (Fsp3) is 0.385. The van der Waals surface area contributed by atoms with Crippen molar-refractivity contribution in [3.63, 3.8) is 0 Å². The number of halogens is 1. The van der Waals surface area contributed by atoms with E-state index in [9.17, 15) is 4.39 Å². The van der Waals surface area contributed by atoms with Crippen molar-refractivity contribution in [2.75, 3.05) is 6.54 Å². The zero-order valence-corrected chi connectivity index (χ0v) is 12.7. The molecule has 102 valence electrons. The van der Waals surface area contributed by atoms with Crippen molar-refractivity contribution in [2.24, 2.45) is 0 Å². The van der Waals surface area contributed by atoms with E-state index in [2.05, 4.69) is 15.5 Å². The van der Waals surface area contributed by atoms with Crippen molar-refractivity contribution in [1.82, 2.24) is 15.5 Å². The summed E-state index contributed by atoms with van der Waals surface area (Å²) in [6.45, 7) is 6.85. The number of hydrogen-bond donors (Lipinski definition) is 1. The lowest BCUT2D eigenvalue weighted by molar-refractivity contribution is 0.574. The summed E-state index contributed by atoms with van der Waals surface area (Å²) in [6.07, 6.45) is 0. The van der Waals surface area contributed by atoms with Crippen LogP contribution in [0.5, 0.6) is 0 Å². The normalized spacial score (nSPS) is 12.6. The average molecular weight is 297 g/mol. The molecule has 0 saturated carbocycles. The average Bonchev–Trinajstić information content (AvgIpc) is 2.77. The molecular formula is C13H16FN3S2. The standard InChI is InChI=1S/C13H16FN3S2/c1-4-15-8(2)11-7-10(14)5-6-12(11)19-13-17-16-9(3)18-13/h5-8,15H,4H2,1-3H3. The van der Waals surface area contributed by atoms with Crippen LogP contribution in [0.15, 0.2) is 27.4 Å². The van der Waals surface area contributed by atoms with Crippen LogP contribution in [0, 0.1) is 12.7 Å². The molecule has 0 radical (unpaired) electrons. The molecule has 0 spiro atoms. The van der Waals surface area contributed by atoms with Gasteiger partial charge >= 0.3 is 0 Å². The second kappa shape index (κ2) is 6.45. The first-order chi connectivity index (χ1) is 9.10. The van der Waals surface area contributed by atoms with Crippen LogP contribution in [0.4, 0.5) is 4.39 Å². The minimum Gasteiger partial charge on any atom is -0.310 e. The van der Waals surface area contributed by atoms with Crippen LogP contribution >= 0.6 is 23.1 Å². The Kier molecular flexibility index (Phi) is 4.90. The maximum atomic E-state index is 13.4. The van der Waals surface area contributed by atoms with Gasteiger partial charge in [-0.25, -0.2) is 4.39 Å². The Morgan fingerprint density at radius 1 is 1.42 bits per heavy atom. The van der Waals surface area contributed by atoms with Crippen LogP contribution in [0.2, 0.25) is 0 Å². The Balaban J connectivity index is 2.28. The number of nitrogens with one attached hydrogen (secondary N) is 1. The predicted octanol–water partition coefficient (Wildman–Crippen LogP) is 3.81. The second-order valence-electron chi connectivity index (χ2n) is 4.15. The molecule has 0 aliphatic heterocycles. The summed E-state index contributed by atoms with van der Waals surface area (Å²) in [4.78, 5) is 1.02. The Hall–Kier alpha value is -0.980. The van der Waals surface area contributed by atoms with E-state index in [-0.39, 0.29) is 11.9 Å². The van der Waals surface area contributed by atoms with Crippen molar-refractivity contribution in [3.05, 3.63) is 34.6 Å². The molecule has 19 heavy (non-hydrogen) atoms. The highest BCUT2D eigenvalue weighted by molar-refractivity contribution is 8.01.